The van der Waals surface area contributed by atoms with Gasteiger partial charge in [-0.2, -0.15) is 0 Å². The molecule has 2 saturated carbocycles. The standard InChI is InChI=1S/C21H28N6O3S/c1-31-21-25-24-19(26(21)16-5-2-3-6-16)7-4-12-22-17-11-8-14(13-18(17)27(29)30)20(28)23-15-9-10-15/h8,11,13,15-16,22H,2-7,9-10,12H2,1H3,(H,23,28). The summed E-state index contributed by atoms with van der Waals surface area (Å²) in [4.78, 5) is 23.3. The molecule has 2 aliphatic carbocycles. The number of nitrogens with zero attached hydrogens (tertiary/aromatic N) is 4. The number of hydrogen-bond donors (Lipinski definition) is 2. The van der Waals surface area contributed by atoms with E-state index >= 15 is 0 Å². The van der Waals surface area contributed by atoms with Crippen molar-refractivity contribution in [3.05, 3.63) is 39.7 Å². The molecule has 2 fully saturated rings. The molecule has 166 valence electrons. The van der Waals surface area contributed by atoms with Crippen LogP contribution in [0.5, 0.6) is 0 Å². The van der Waals surface area contributed by atoms with Gasteiger partial charge in [-0.15, -0.1) is 10.2 Å². The number of thioether (sulfide) groups is 1. The highest BCUT2D eigenvalue weighted by Gasteiger charge is 2.26. The number of anilines is 1. The van der Waals surface area contributed by atoms with Crippen LogP contribution in [-0.4, -0.2) is 44.4 Å². The minimum atomic E-state index is -0.447. The van der Waals surface area contributed by atoms with Gasteiger partial charge in [-0.1, -0.05) is 24.6 Å². The first-order valence-corrected chi connectivity index (χ1v) is 12.1. The number of aromatic nitrogens is 3. The van der Waals surface area contributed by atoms with Crippen molar-refractivity contribution >= 4 is 29.0 Å². The molecule has 2 aliphatic rings. The zero-order valence-corrected chi connectivity index (χ0v) is 18.5. The third-order valence-corrected chi connectivity index (χ3v) is 6.51. The first kappa shape index (κ1) is 21.6. The van der Waals surface area contributed by atoms with Gasteiger partial charge < -0.3 is 15.2 Å². The molecule has 0 aliphatic heterocycles. The lowest BCUT2D eigenvalue weighted by atomic mass is 10.1. The summed E-state index contributed by atoms with van der Waals surface area (Å²) < 4.78 is 2.29. The fraction of sp³-hybridized carbons (Fsp3) is 0.571. The highest BCUT2D eigenvalue weighted by molar-refractivity contribution is 7.98. The number of rotatable bonds is 10. The van der Waals surface area contributed by atoms with E-state index in [1.54, 1.807) is 23.9 Å². The quantitative estimate of drug-likeness (QED) is 0.247. The lowest BCUT2D eigenvalue weighted by molar-refractivity contribution is -0.384. The fourth-order valence-electron chi connectivity index (χ4n) is 4.09. The molecule has 4 rings (SSSR count). The maximum atomic E-state index is 12.2. The molecule has 0 saturated heterocycles. The minimum Gasteiger partial charge on any atom is -0.379 e. The predicted octanol–water partition coefficient (Wildman–Crippen LogP) is 3.96. The summed E-state index contributed by atoms with van der Waals surface area (Å²) in [5.41, 5.74) is 0.663. The average Bonchev–Trinajstić information content (AvgIpc) is 3.25. The van der Waals surface area contributed by atoms with Crippen molar-refractivity contribution in [2.24, 2.45) is 0 Å². The van der Waals surface area contributed by atoms with Crippen molar-refractivity contribution in [3.8, 4) is 0 Å². The molecule has 0 unspecified atom stereocenters. The predicted molar refractivity (Wildman–Crippen MR) is 120 cm³/mol. The van der Waals surface area contributed by atoms with E-state index in [4.69, 9.17) is 0 Å². The summed E-state index contributed by atoms with van der Waals surface area (Å²) >= 11 is 1.62. The van der Waals surface area contributed by atoms with Gasteiger partial charge >= 0.3 is 0 Å². The molecule has 31 heavy (non-hydrogen) atoms. The van der Waals surface area contributed by atoms with Crippen LogP contribution in [0.2, 0.25) is 0 Å². The second-order valence-electron chi connectivity index (χ2n) is 8.18. The smallest absolute Gasteiger partial charge is 0.293 e. The lowest BCUT2D eigenvalue weighted by Crippen LogP contribution is -2.25. The molecule has 9 nitrogen and oxygen atoms in total. The topological polar surface area (TPSA) is 115 Å². The van der Waals surface area contributed by atoms with Gasteiger partial charge in [-0.25, -0.2) is 0 Å². The lowest BCUT2D eigenvalue weighted by Gasteiger charge is -2.16. The van der Waals surface area contributed by atoms with E-state index in [1.807, 2.05) is 6.26 Å². The summed E-state index contributed by atoms with van der Waals surface area (Å²) in [6, 6.07) is 5.29. The van der Waals surface area contributed by atoms with E-state index < -0.39 is 4.92 Å². The molecule has 2 aromatic rings. The molecular formula is C21H28N6O3S. The van der Waals surface area contributed by atoms with Crippen molar-refractivity contribution in [2.75, 3.05) is 18.1 Å². The van der Waals surface area contributed by atoms with Crippen molar-refractivity contribution in [1.82, 2.24) is 20.1 Å². The molecule has 0 radical (unpaired) electrons. The highest BCUT2D eigenvalue weighted by Crippen LogP contribution is 2.33. The minimum absolute atomic E-state index is 0.0813. The number of carbonyl (C=O) groups is 1. The van der Waals surface area contributed by atoms with Crippen LogP contribution in [0.4, 0.5) is 11.4 Å². The summed E-state index contributed by atoms with van der Waals surface area (Å²) in [6.45, 7) is 0.570. The first-order chi connectivity index (χ1) is 15.1. The van der Waals surface area contributed by atoms with E-state index in [0.717, 1.165) is 36.7 Å². The summed E-state index contributed by atoms with van der Waals surface area (Å²) in [7, 11) is 0. The fourth-order valence-corrected chi connectivity index (χ4v) is 4.66. The van der Waals surface area contributed by atoms with E-state index in [0.29, 0.717) is 23.8 Å². The van der Waals surface area contributed by atoms with Gasteiger partial charge in [0.1, 0.15) is 11.5 Å². The first-order valence-electron chi connectivity index (χ1n) is 10.9. The number of nitrogens with one attached hydrogen (secondary N) is 2. The number of benzene rings is 1. The van der Waals surface area contributed by atoms with Crippen LogP contribution >= 0.6 is 11.8 Å². The Bertz CT molecular complexity index is 953. The van der Waals surface area contributed by atoms with E-state index in [-0.39, 0.29) is 17.6 Å². The van der Waals surface area contributed by atoms with Crippen LogP contribution in [0.25, 0.3) is 0 Å². The number of amides is 1. The molecule has 1 heterocycles. The van der Waals surface area contributed by atoms with Gasteiger partial charge in [-0.3, -0.25) is 14.9 Å². The maximum absolute atomic E-state index is 12.2. The number of aryl methyl sites for hydroxylation is 1. The molecule has 0 bridgehead atoms. The largest absolute Gasteiger partial charge is 0.379 e. The van der Waals surface area contributed by atoms with Gasteiger partial charge in [-0.05, 0) is 50.5 Å². The Morgan fingerprint density at radius 3 is 2.71 bits per heavy atom. The molecule has 2 N–H and O–H groups in total. The van der Waals surface area contributed by atoms with E-state index in [2.05, 4.69) is 25.4 Å². The Kier molecular flexibility index (Phi) is 6.74. The average molecular weight is 445 g/mol. The number of nitro benzene ring substituents is 1. The van der Waals surface area contributed by atoms with Gasteiger partial charge in [0.2, 0.25) is 0 Å². The van der Waals surface area contributed by atoms with Crippen LogP contribution in [0.1, 0.15) is 67.2 Å². The Hall–Kier alpha value is -2.62. The van der Waals surface area contributed by atoms with E-state index in [9.17, 15) is 14.9 Å². The zero-order chi connectivity index (χ0) is 21.8. The summed E-state index contributed by atoms with van der Waals surface area (Å²) in [5.74, 6) is 0.729. The van der Waals surface area contributed by atoms with Gasteiger partial charge in [0.05, 0.1) is 4.92 Å². The Labute approximate surface area is 185 Å². The van der Waals surface area contributed by atoms with Gasteiger partial charge in [0.25, 0.3) is 11.6 Å². The Balaban J connectivity index is 1.37. The third-order valence-electron chi connectivity index (χ3n) is 5.87. The number of nitro groups is 1. The molecule has 10 heteroatoms. The van der Waals surface area contributed by atoms with Crippen LogP contribution in [0.15, 0.2) is 23.4 Å². The highest BCUT2D eigenvalue weighted by atomic mass is 32.2. The number of hydrogen-bond acceptors (Lipinski definition) is 7. The van der Waals surface area contributed by atoms with Gasteiger partial charge in [0, 0.05) is 36.7 Å². The maximum Gasteiger partial charge on any atom is 0.293 e. The molecule has 1 aromatic heterocycles. The van der Waals surface area contributed by atoms with E-state index in [1.165, 1.54) is 31.7 Å². The second kappa shape index (κ2) is 9.67. The molecular weight excluding hydrogens is 416 g/mol. The van der Waals surface area contributed by atoms with Crippen molar-refractivity contribution in [2.45, 2.75) is 68.6 Å². The van der Waals surface area contributed by atoms with Gasteiger partial charge in [0.15, 0.2) is 5.16 Å². The van der Waals surface area contributed by atoms with Crippen LogP contribution in [-0.2, 0) is 6.42 Å². The normalized spacial score (nSPS) is 16.4. The molecule has 1 amide bonds. The van der Waals surface area contributed by atoms with Crippen molar-refractivity contribution in [1.29, 1.82) is 0 Å². The monoisotopic (exact) mass is 444 g/mol. The molecule has 0 atom stereocenters. The van der Waals surface area contributed by atoms with Crippen LogP contribution < -0.4 is 10.6 Å². The zero-order valence-electron chi connectivity index (χ0n) is 17.7. The molecule has 1 aromatic carbocycles. The summed E-state index contributed by atoms with van der Waals surface area (Å²) in [6.07, 6.45) is 10.3. The van der Waals surface area contributed by atoms with Crippen molar-refractivity contribution < 1.29 is 9.72 Å². The Morgan fingerprint density at radius 2 is 2.03 bits per heavy atom. The molecule has 0 spiro atoms. The van der Waals surface area contributed by atoms with Crippen molar-refractivity contribution in [3.63, 3.8) is 0 Å². The Morgan fingerprint density at radius 1 is 1.26 bits per heavy atom. The summed E-state index contributed by atoms with van der Waals surface area (Å²) in [5, 5.41) is 27.2. The second-order valence-corrected chi connectivity index (χ2v) is 8.95. The number of carbonyl (C=O) groups excluding carboxylic acids is 1. The van der Waals surface area contributed by atoms with Crippen LogP contribution in [0, 0.1) is 10.1 Å². The SMILES string of the molecule is CSc1nnc(CCCNc2ccc(C(=O)NC3CC3)cc2[N+](=O)[O-])n1C1CCCC1. The van der Waals surface area contributed by atoms with Crippen LogP contribution in [0.3, 0.4) is 0 Å². The third kappa shape index (κ3) is 5.17.